The van der Waals surface area contributed by atoms with Crippen LogP contribution < -0.4 is 10.5 Å². The van der Waals surface area contributed by atoms with Crippen LogP contribution in [0.5, 0.6) is 5.75 Å². The van der Waals surface area contributed by atoms with Crippen molar-refractivity contribution in [1.82, 2.24) is 4.98 Å². The fourth-order valence-corrected chi connectivity index (χ4v) is 4.83. The Morgan fingerprint density at radius 1 is 0.947 bits per heavy atom. The number of carbonyl (C=O) groups excluding carboxylic acids is 1. The SMILES string of the molecule is CC(C)Oc1c(C(N)=O)cc(C#Cc2ccc3ccccc3c2)cc1[C@H](CO)Cc1c[nH]c2ccccc12. The summed E-state index contributed by atoms with van der Waals surface area (Å²) in [6, 6.07) is 25.8. The van der Waals surface area contributed by atoms with Gasteiger partial charge in [0.2, 0.25) is 0 Å². The molecule has 190 valence electrons. The van der Waals surface area contributed by atoms with Gasteiger partial charge in [-0.3, -0.25) is 4.79 Å². The van der Waals surface area contributed by atoms with Gasteiger partial charge in [-0.1, -0.05) is 60.4 Å². The van der Waals surface area contributed by atoms with Crippen molar-refractivity contribution in [3.8, 4) is 17.6 Å². The lowest BCUT2D eigenvalue weighted by atomic mass is 9.88. The van der Waals surface area contributed by atoms with Gasteiger partial charge in [0.25, 0.3) is 5.91 Å². The Balaban J connectivity index is 1.59. The largest absolute Gasteiger partial charge is 0.490 e. The summed E-state index contributed by atoms with van der Waals surface area (Å²) >= 11 is 0. The second kappa shape index (κ2) is 10.8. The van der Waals surface area contributed by atoms with Gasteiger partial charge in [-0.15, -0.1) is 0 Å². The highest BCUT2D eigenvalue weighted by Crippen LogP contribution is 2.35. The van der Waals surface area contributed by atoms with Gasteiger partial charge in [0.1, 0.15) is 5.75 Å². The van der Waals surface area contributed by atoms with Crippen LogP contribution >= 0.6 is 0 Å². The molecule has 0 aliphatic heterocycles. The number of rotatable bonds is 7. The molecule has 5 heteroatoms. The van der Waals surface area contributed by atoms with Crippen LogP contribution in [0.25, 0.3) is 21.7 Å². The van der Waals surface area contributed by atoms with E-state index in [1.807, 2.05) is 74.6 Å². The van der Waals surface area contributed by atoms with Crippen molar-refractivity contribution in [2.24, 2.45) is 5.73 Å². The summed E-state index contributed by atoms with van der Waals surface area (Å²) in [5.41, 5.74) is 10.4. The van der Waals surface area contributed by atoms with Crippen LogP contribution in [0.15, 0.2) is 85.1 Å². The second-order valence-electron chi connectivity index (χ2n) is 9.73. The molecule has 1 amide bonds. The molecule has 0 aliphatic carbocycles. The molecule has 0 fully saturated rings. The van der Waals surface area contributed by atoms with Crippen LogP contribution in [-0.4, -0.2) is 28.7 Å². The van der Waals surface area contributed by atoms with Crippen LogP contribution in [0.4, 0.5) is 0 Å². The molecule has 1 heterocycles. The first-order chi connectivity index (χ1) is 18.4. The maximum Gasteiger partial charge on any atom is 0.252 e. The molecule has 38 heavy (non-hydrogen) atoms. The van der Waals surface area contributed by atoms with Gasteiger partial charge in [0, 0.05) is 39.7 Å². The van der Waals surface area contributed by atoms with E-state index in [0.29, 0.717) is 23.3 Å². The molecule has 0 radical (unpaired) electrons. The number of para-hydroxylation sites is 1. The van der Waals surface area contributed by atoms with Crippen LogP contribution in [0.1, 0.15) is 52.4 Å². The molecular formula is C33H30N2O3. The highest BCUT2D eigenvalue weighted by atomic mass is 16.5. The summed E-state index contributed by atoms with van der Waals surface area (Å²) in [5, 5.41) is 13.9. The topological polar surface area (TPSA) is 88.3 Å². The normalized spacial score (nSPS) is 11.9. The number of H-pyrrole nitrogens is 1. The van der Waals surface area contributed by atoms with Crippen molar-refractivity contribution in [2.45, 2.75) is 32.3 Å². The van der Waals surface area contributed by atoms with E-state index in [1.165, 1.54) is 0 Å². The molecule has 5 aromatic rings. The van der Waals surface area contributed by atoms with E-state index >= 15 is 0 Å². The monoisotopic (exact) mass is 502 g/mol. The molecular weight excluding hydrogens is 472 g/mol. The highest BCUT2D eigenvalue weighted by molar-refractivity contribution is 5.97. The number of hydrogen-bond acceptors (Lipinski definition) is 3. The Hall–Kier alpha value is -4.53. The van der Waals surface area contributed by atoms with Gasteiger partial charge in [-0.05, 0) is 66.9 Å². The Labute approximate surface area is 222 Å². The quantitative estimate of drug-likeness (QED) is 0.241. The second-order valence-corrected chi connectivity index (χ2v) is 9.73. The summed E-state index contributed by atoms with van der Waals surface area (Å²) < 4.78 is 6.13. The van der Waals surface area contributed by atoms with Gasteiger partial charge in [-0.2, -0.15) is 0 Å². The van der Waals surface area contributed by atoms with Crippen molar-refractivity contribution in [3.05, 3.63) is 113 Å². The average Bonchev–Trinajstić information content (AvgIpc) is 3.33. The van der Waals surface area contributed by atoms with Crippen LogP contribution in [-0.2, 0) is 6.42 Å². The van der Waals surface area contributed by atoms with E-state index in [0.717, 1.165) is 32.8 Å². The maximum atomic E-state index is 12.6. The first kappa shape index (κ1) is 25.1. The number of aliphatic hydroxyl groups excluding tert-OH is 1. The summed E-state index contributed by atoms with van der Waals surface area (Å²) in [6.07, 6.45) is 2.33. The van der Waals surface area contributed by atoms with Crippen molar-refractivity contribution in [3.63, 3.8) is 0 Å². The van der Waals surface area contributed by atoms with E-state index in [-0.39, 0.29) is 24.2 Å². The van der Waals surface area contributed by atoms with Crippen LogP contribution in [0, 0.1) is 11.8 Å². The zero-order valence-corrected chi connectivity index (χ0v) is 21.5. The van der Waals surface area contributed by atoms with Gasteiger partial charge < -0.3 is 20.6 Å². The minimum absolute atomic E-state index is 0.131. The number of amides is 1. The third kappa shape index (κ3) is 5.27. The third-order valence-electron chi connectivity index (χ3n) is 6.64. The van der Waals surface area contributed by atoms with Gasteiger partial charge >= 0.3 is 0 Å². The van der Waals surface area contributed by atoms with E-state index in [1.54, 1.807) is 6.07 Å². The third-order valence-corrected chi connectivity index (χ3v) is 6.64. The fraction of sp³-hybridized carbons (Fsp3) is 0.182. The minimum Gasteiger partial charge on any atom is -0.490 e. The van der Waals surface area contributed by atoms with Crippen molar-refractivity contribution >= 4 is 27.6 Å². The van der Waals surface area contributed by atoms with E-state index in [2.05, 4.69) is 35.0 Å². The number of nitrogens with one attached hydrogen (secondary N) is 1. The first-order valence-electron chi connectivity index (χ1n) is 12.7. The van der Waals surface area contributed by atoms with Crippen LogP contribution in [0.2, 0.25) is 0 Å². The lowest BCUT2D eigenvalue weighted by Gasteiger charge is -2.23. The zero-order valence-electron chi connectivity index (χ0n) is 21.5. The number of aromatic amines is 1. The lowest BCUT2D eigenvalue weighted by Crippen LogP contribution is -2.19. The number of aliphatic hydroxyl groups is 1. The van der Waals surface area contributed by atoms with Crippen molar-refractivity contribution in [2.75, 3.05) is 6.61 Å². The van der Waals surface area contributed by atoms with Crippen LogP contribution in [0.3, 0.4) is 0 Å². The number of aromatic nitrogens is 1. The number of fused-ring (bicyclic) bond motifs is 2. The highest BCUT2D eigenvalue weighted by Gasteiger charge is 2.24. The summed E-state index contributed by atoms with van der Waals surface area (Å²) in [7, 11) is 0. The maximum absolute atomic E-state index is 12.6. The predicted molar refractivity (Wildman–Crippen MR) is 152 cm³/mol. The van der Waals surface area contributed by atoms with Gasteiger partial charge in [-0.25, -0.2) is 0 Å². The van der Waals surface area contributed by atoms with Gasteiger partial charge in [0.05, 0.1) is 18.3 Å². The first-order valence-corrected chi connectivity index (χ1v) is 12.7. The Kier molecular flexibility index (Phi) is 7.17. The number of hydrogen-bond donors (Lipinski definition) is 3. The fourth-order valence-electron chi connectivity index (χ4n) is 4.83. The van der Waals surface area contributed by atoms with E-state index < -0.39 is 5.91 Å². The molecule has 1 atom stereocenters. The molecule has 5 rings (SSSR count). The number of primary amides is 1. The molecule has 4 aromatic carbocycles. The summed E-state index contributed by atoms with van der Waals surface area (Å²) in [4.78, 5) is 15.9. The number of ether oxygens (including phenoxy) is 1. The molecule has 0 spiro atoms. The predicted octanol–water partition coefficient (Wildman–Crippen LogP) is 5.93. The Bertz CT molecular complexity index is 1690. The molecule has 0 saturated carbocycles. The average molecular weight is 503 g/mol. The number of carbonyl (C=O) groups is 1. The number of benzene rings is 4. The van der Waals surface area contributed by atoms with Crippen molar-refractivity contribution < 1.29 is 14.6 Å². The Morgan fingerprint density at radius 2 is 1.68 bits per heavy atom. The molecule has 0 aliphatic rings. The lowest BCUT2D eigenvalue weighted by molar-refractivity contribution is 0.0994. The smallest absolute Gasteiger partial charge is 0.252 e. The molecule has 5 nitrogen and oxygen atoms in total. The zero-order chi connectivity index (χ0) is 26.6. The molecule has 0 saturated heterocycles. The summed E-state index contributed by atoms with van der Waals surface area (Å²) in [5.74, 6) is 5.91. The standard InChI is InChI=1S/C33H30N2O3/c1-21(2)38-32-29(27(20-36)18-26-19-35-31-10-6-5-9-28(26)31)16-23(17-30(32)33(34)37)12-11-22-13-14-24-7-3-4-8-25(24)15-22/h3-10,13-17,19,21,27,35-36H,18,20H2,1-2H3,(H2,34,37)/t27-/m0/s1. The molecule has 4 N–H and O–H groups in total. The summed E-state index contributed by atoms with van der Waals surface area (Å²) in [6.45, 7) is 3.67. The number of nitrogens with two attached hydrogens (primary N) is 1. The molecule has 0 bridgehead atoms. The van der Waals surface area contributed by atoms with Gasteiger partial charge in [0.15, 0.2) is 0 Å². The Morgan fingerprint density at radius 3 is 2.45 bits per heavy atom. The van der Waals surface area contributed by atoms with E-state index in [4.69, 9.17) is 10.5 Å². The van der Waals surface area contributed by atoms with E-state index in [9.17, 15) is 9.90 Å². The van der Waals surface area contributed by atoms with Crippen molar-refractivity contribution in [1.29, 1.82) is 0 Å². The minimum atomic E-state index is -0.597. The molecule has 1 aromatic heterocycles. The molecule has 0 unspecified atom stereocenters.